The fourth-order valence-electron chi connectivity index (χ4n) is 4.85. The lowest BCUT2D eigenvalue weighted by Crippen LogP contribution is -2.44. The second-order valence-corrected chi connectivity index (χ2v) is 11.2. The first-order chi connectivity index (χ1) is 22.4. The summed E-state index contributed by atoms with van der Waals surface area (Å²) in [5.41, 5.74) is 12.1. The number of hydrogen-bond donors (Lipinski definition) is 6. The Morgan fingerprint density at radius 2 is 1.34 bits per heavy atom. The monoisotopic (exact) mass is 662 g/mol. The molecule has 0 saturated carbocycles. The highest BCUT2D eigenvalue weighted by Crippen LogP contribution is 2.22. The summed E-state index contributed by atoms with van der Waals surface area (Å²) in [4.78, 5) is 52.4. The highest BCUT2D eigenvalue weighted by molar-refractivity contribution is 6.18. The molecule has 4 aromatic rings. The van der Waals surface area contributed by atoms with Crippen molar-refractivity contribution in [1.29, 1.82) is 5.41 Å². The summed E-state index contributed by atoms with van der Waals surface area (Å²) in [7, 11) is 5.04. The number of benzene rings is 1. The number of alkyl halides is 1. The molecule has 47 heavy (non-hydrogen) atoms. The zero-order valence-corrected chi connectivity index (χ0v) is 27.4. The van der Waals surface area contributed by atoms with Crippen molar-refractivity contribution < 1.29 is 19.2 Å². The van der Waals surface area contributed by atoms with Crippen LogP contribution in [0.1, 0.15) is 60.7 Å². The van der Waals surface area contributed by atoms with Crippen LogP contribution in [0.15, 0.2) is 61.1 Å². The van der Waals surface area contributed by atoms with Crippen molar-refractivity contribution in [3.8, 4) is 0 Å². The van der Waals surface area contributed by atoms with Gasteiger partial charge in [0.25, 0.3) is 23.6 Å². The van der Waals surface area contributed by atoms with Gasteiger partial charge in [0.15, 0.2) is 0 Å². The number of nitrogens with zero attached hydrogens (tertiary/aromatic N) is 4. The number of hydrogen-bond acceptors (Lipinski definition) is 6. The number of hydrazine groups is 1. The van der Waals surface area contributed by atoms with E-state index in [2.05, 4.69) is 21.4 Å². The van der Waals surface area contributed by atoms with E-state index in [4.69, 9.17) is 22.7 Å². The standard InChI is InChI=1S/C32H39ClN10O4/c1-5-20-6-8-21(9-7-20)32(47)43(37-13-11-33)24-16-27(42(4)19-24)31(46)39-23-15-26(41(3)18-23)30(45)38-22-14-25(40(2)17-22)29(44)36-12-10-28(34)35/h6-9,14-19,37H,5,10-13H2,1-4H3,(H3,34,35)(H,36,44)(H,38,45)(H,39,46). The summed E-state index contributed by atoms with van der Waals surface area (Å²) in [5, 5.41) is 16.9. The fourth-order valence-corrected chi connectivity index (χ4v) is 4.93. The third-order valence-electron chi connectivity index (χ3n) is 7.33. The van der Waals surface area contributed by atoms with Crippen molar-refractivity contribution in [3.05, 3.63) is 89.3 Å². The molecule has 0 bridgehead atoms. The summed E-state index contributed by atoms with van der Waals surface area (Å²) in [6, 6.07) is 12.0. The number of amidine groups is 1. The van der Waals surface area contributed by atoms with Gasteiger partial charge >= 0.3 is 0 Å². The molecule has 0 fully saturated rings. The predicted octanol–water partition coefficient (Wildman–Crippen LogP) is 3.22. The van der Waals surface area contributed by atoms with Gasteiger partial charge in [0, 0.05) is 70.7 Å². The first kappa shape index (κ1) is 34.5. The average molecular weight is 663 g/mol. The lowest BCUT2D eigenvalue weighted by molar-refractivity contribution is 0.0943. The van der Waals surface area contributed by atoms with E-state index in [9.17, 15) is 19.2 Å². The molecule has 0 radical (unpaired) electrons. The Morgan fingerprint density at radius 1 is 0.809 bits per heavy atom. The summed E-state index contributed by atoms with van der Waals surface area (Å²) in [6.45, 7) is 2.58. The van der Waals surface area contributed by atoms with E-state index in [1.165, 1.54) is 17.1 Å². The number of nitrogens with two attached hydrogens (primary N) is 1. The lowest BCUT2D eigenvalue weighted by atomic mass is 10.1. The first-order valence-electron chi connectivity index (χ1n) is 14.9. The molecule has 0 aliphatic rings. The number of aromatic nitrogens is 3. The minimum Gasteiger partial charge on any atom is -0.388 e. The van der Waals surface area contributed by atoms with Crippen LogP contribution >= 0.6 is 11.6 Å². The molecule has 0 atom stereocenters. The van der Waals surface area contributed by atoms with Crippen molar-refractivity contribution >= 4 is 58.1 Å². The van der Waals surface area contributed by atoms with Crippen LogP contribution in [-0.2, 0) is 27.6 Å². The van der Waals surface area contributed by atoms with Gasteiger partial charge in [-0.3, -0.25) is 24.6 Å². The summed E-state index contributed by atoms with van der Waals surface area (Å²) >= 11 is 5.90. The van der Waals surface area contributed by atoms with Gasteiger partial charge in [0.1, 0.15) is 17.1 Å². The van der Waals surface area contributed by atoms with Crippen molar-refractivity contribution in [1.82, 2.24) is 24.4 Å². The number of anilines is 3. The maximum absolute atomic E-state index is 13.4. The first-order valence-corrected chi connectivity index (χ1v) is 15.4. The van der Waals surface area contributed by atoms with E-state index in [-0.39, 0.29) is 47.9 Å². The van der Waals surface area contributed by atoms with Crippen molar-refractivity contribution in [2.75, 3.05) is 34.6 Å². The molecule has 0 aliphatic carbocycles. The van der Waals surface area contributed by atoms with Gasteiger partial charge in [-0.2, -0.15) is 0 Å². The molecule has 0 saturated heterocycles. The maximum atomic E-state index is 13.4. The number of halogens is 1. The molecule has 3 aromatic heterocycles. The maximum Gasteiger partial charge on any atom is 0.272 e. The Morgan fingerprint density at radius 3 is 1.87 bits per heavy atom. The summed E-state index contributed by atoms with van der Waals surface area (Å²) < 4.78 is 4.75. The zero-order valence-electron chi connectivity index (χ0n) is 26.7. The van der Waals surface area contributed by atoms with Gasteiger partial charge < -0.3 is 35.4 Å². The van der Waals surface area contributed by atoms with E-state index in [0.717, 1.165) is 12.0 Å². The minimum atomic E-state index is -0.449. The van der Waals surface area contributed by atoms with Crippen molar-refractivity contribution in [2.45, 2.75) is 19.8 Å². The third kappa shape index (κ3) is 8.48. The molecule has 7 N–H and O–H groups in total. The average Bonchev–Trinajstić information content (AvgIpc) is 3.72. The Labute approximate surface area is 277 Å². The van der Waals surface area contributed by atoms with E-state index < -0.39 is 11.8 Å². The third-order valence-corrected chi connectivity index (χ3v) is 7.52. The van der Waals surface area contributed by atoms with Crippen LogP contribution in [0.2, 0.25) is 0 Å². The van der Waals surface area contributed by atoms with E-state index in [1.807, 2.05) is 19.1 Å². The molecular weight excluding hydrogens is 624 g/mol. The predicted molar refractivity (Wildman–Crippen MR) is 182 cm³/mol. The number of aryl methyl sites for hydroxylation is 4. The molecule has 14 nitrogen and oxygen atoms in total. The smallest absolute Gasteiger partial charge is 0.272 e. The lowest BCUT2D eigenvalue weighted by Gasteiger charge is -2.22. The molecule has 4 rings (SSSR count). The van der Waals surface area contributed by atoms with Crippen LogP contribution in [0.3, 0.4) is 0 Å². The molecular formula is C32H39ClN10O4. The topological polar surface area (TPSA) is 184 Å². The molecule has 0 spiro atoms. The Bertz CT molecular complexity index is 1790. The molecule has 0 unspecified atom stereocenters. The van der Waals surface area contributed by atoms with E-state index in [0.29, 0.717) is 34.9 Å². The molecule has 4 amide bonds. The SMILES string of the molecule is CCc1ccc(C(=O)N(NCCCl)c2cc(C(=O)Nc3cc(C(=O)Nc4cc(C(=O)NCCC(=N)N)n(C)c4)n(C)c3)n(C)c2)cc1. The van der Waals surface area contributed by atoms with Gasteiger partial charge in [-0.15, -0.1) is 11.6 Å². The normalized spacial score (nSPS) is 10.8. The number of amides is 4. The van der Waals surface area contributed by atoms with Crippen LogP contribution in [0.5, 0.6) is 0 Å². The number of carbonyl (C=O) groups excluding carboxylic acids is 4. The highest BCUT2D eigenvalue weighted by Gasteiger charge is 2.23. The second kappa shape index (κ2) is 15.3. The molecule has 1 aromatic carbocycles. The Hall–Kier alpha value is -5.34. The largest absolute Gasteiger partial charge is 0.388 e. The summed E-state index contributed by atoms with van der Waals surface area (Å²) in [5.74, 6) is -1.32. The molecule has 3 heterocycles. The van der Waals surface area contributed by atoms with Crippen LogP contribution in [0.25, 0.3) is 0 Å². The van der Waals surface area contributed by atoms with Crippen LogP contribution in [0.4, 0.5) is 17.1 Å². The minimum absolute atomic E-state index is 0.0283. The van der Waals surface area contributed by atoms with Gasteiger partial charge in [0.05, 0.1) is 22.9 Å². The second-order valence-electron chi connectivity index (χ2n) is 10.9. The molecule has 0 aliphatic heterocycles. The number of rotatable bonds is 14. The zero-order chi connectivity index (χ0) is 34.2. The van der Waals surface area contributed by atoms with Gasteiger partial charge in [-0.25, -0.2) is 10.4 Å². The van der Waals surface area contributed by atoms with Gasteiger partial charge in [0.2, 0.25) is 0 Å². The van der Waals surface area contributed by atoms with Crippen LogP contribution < -0.4 is 32.1 Å². The van der Waals surface area contributed by atoms with Crippen LogP contribution in [0, 0.1) is 5.41 Å². The molecule has 15 heteroatoms. The number of nitrogens with one attached hydrogen (secondary N) is 5. The fraction of sp³-hybridized carbons (Fsp3) is 0.281. The van der Waals surface area contributed by atoms with E-state index >= 15 is 0 Å². The Balaban J connectivity index is 1.45. The van der Waals surface area contributed by atoms with E-state index in [1.54, 1.807) is 71.6 Å². The Kier molecular flexibility index (Phi) is 11.2. The van der Waals surface area contributed by atoms with Crippen molar-refractivity contribution in [2.24, 2.45) is 26.9 Å². The quantitative estimate of drug-likeness (QED) is 0.0521. The number of carbonyl (C=O) groups is 4. The highest BCUT2D eigenvalue weighted by atomic mass is 35.5. The van der Waals surface area contributed by atoms with Crippen LogP contribution in [-0.4, -0.2) is 62.1 Å². The molecule has 248 valence electrons. The van der Waals surface area contributed by atoms with Gasteiger partial charge in [-0.05, 0) is 42.3 Å². The summed E-state index contributed by atoms with van der Waals surface area (Å²) in [6.07, 6.45) is 5.96. The van der Waals surface area contributed by atoms with Crippen molar-refractivity contribution in [3.63, 3.8) is 0 Å². The van der Waals surface area contributed by atoms with Gasteiger partial charge in [-0.1, -0.05) is 19.1 Å².